The first-order valence-electron chi connectivity index (χ1n) is 22.4. The van der Waals surface area contributed by atoms with Gasteiger partial charge in [0.1, 0.15) is 24.4 Å². The van der Waals surface area contributed by atoms with E-state index in [-0.39, 0.29) is 36.1 Å². The number of carbonyl (C=O) groups excluding carboxylic acids is 7. The molecule has 3 aromatic carbocycles. The SMILES string of the molecule is CC(=O)O[C@H]1C[C@H]2OC[C@@]2(OC(C)=O)C2[C@H](OC(=O)c3ccccc3)C3C[C@H](OC(=O)[C@H](O)[C@@H](NC(=O)c4ccccc4)c4ccccc4)C(C)=C([C@@H](OC(=O)C4CC4)C(=O)[C@@]21C)C3(C)C. The van der Waals surface area contributed by atoms with Gasteiger partial charge < -0.3 is 38.8 Å². The lowest BCUT2D eigenvalue weighted by molar-refractivity contribution is -0.336. The highest BCUT2D eigenvalue weighted by atomic mass is 16.6. The summed E-state index contributed by atoms with van der Waals surface area (Å²) in [6.45, 7) is 9.08. The van der Waals surface area contributed by atoms with Crippen molar-refractivity contribution >= 4 is 41.5 Å². The van der Waals surface area contributed by atoms with E-state index < -0.39 is 118 Å². The van der Waals surface area contributed by atoms with Gasteiger partial charge in [0.2, 0.25) is 0 Å². The minimum Gasteiger partial charge on any atom is -0.461 e. The summed E-state index contributed by atoms with van der Waals surface area (Å²) in [5.74, 6) is -7.86. The molecule has 1 amide bonds. The van der Waals surface area contributed by atoms with Crippen molar-refractivity contribution in [1.82, 2.24) is 5.32 Å². The monoisotopic (exact) mass is 905 g/mol. The Morgan fingerprint density at radius 1 is 0.773 bits per heavy atom. The molecule has 8 rings (SSSR count). The lowest BCUT2D eigenvalue weighted by atomic mass is 9.46. The van der Waals surface area contributed by atoms with Crippen molar-refractivity contribution in [3.63, 3.8) is 0 Å². The van der Waals surface area contributed by atoms with E-state index in [1.165, 1.54) is 13.8 Å². The summed E-state index contributed by atoms with van der Waals surface area (Å²) in [7, 11) is 0. The van der Waals surface area contributed by atoms with Gasteiger partial charge in [-0.25, -0.2) is 9.59 Å². The molecule has 5 aliphatic rings. The zero-order chi connectivity index (χ0) is 47.3. The van der Waals surface area contributed by atoms with Crippen LogP contribution in [0.2, 0.25) is 0 Å². The number of rotatable bonds is 12. The smallest absolute Gasteiger partial charge is 0.338 e. The maximum atomic E-state index is 16.1. The molecule has 15 heteroatoms. The summed E-state index contributed by atoms with van der Waals surface area (Å²) in [5.41, 5.74) is -3.18. The van der Waals surface area contributed by atoms with E-state index in [0.29, 0.717) is 24.0 Å². The average molecular weight is 906 g/mol. The molecule has 348 valence electrons. The molecule has 1 aliphatic heterocycles. The van der Waals surface area contributed by atoms with Gasteiger partial charge in [-0.15, -0.1) is 0 Å². The van der Waals surface area contributed by atoms with E-state index in [0.717, 1.165) is 0 Å². The van der Waals surface area contributed by atoms with Crippen LogP contribution < -0.4 is 5.32 Å². The topological polar surface area (TPSA) is 207 Å². The number of ketones is 1. The van der Waals surface area contributed by atoms with E-state index in [4.69, 9.17) is 28.4 Å². The van der Waals surface area contributed by atoms with Crippen LogP contribution in [0, 0.1) is 28.6 Å². The number of Topliss-reactive ketones (excluding diaryl/α,β-unsaturated/α-hetero) is 1. The van der Waals surface area contributed by atoms with E-state index in [1.807, 2.05) is 13.8 Å². The second-order valence-corrected chi connectivity index (χ2v) is 18.9. The summed E-state index contributed by atoms with van der Waals surface area (Å²) in [4.78, 5) is 98.5. The Kier molecular flexibility index (Phi) is 12.6. The van der Waals surface area contributed by atoms with Crippen LogP contribution in [0.3, 0.4) is 0 Å². The third kappa shape index (κ3) is 8.31. The molecule has 2 bridgehead atoms. The predicted octanol–water partition coefficient (Wildman–Crippen LogP) is 5.58. The van der Waals surface area contributed by atoms with Crippen LogP contribution in [0.4, 0.5) is 0 Å². The first-order chi connectivity index (χ1) is 31.4. The summed E-state index contributed by atoms with van der Waals surface area (Å²) in [6, 6.07) is 23.7. The molecule has 11 atom stereocenters. The van der Waals surface area contributed by atoms with E-state index in [1.54, 1.807) is 105 Å². The zero-order valence-electron chi connectivity index (χ0n) is 37.7. The number of aliphatic hydroxyl groups excluding tert-OH is 1. The zero-order valence-corrected chi connectivity index (χ0v) is 37.7. The number of amides is 1. The van der Waals surface area contributed by atoms with Crippen LogP contribution in [0.5, 0.6) is 0 Å². The quantitative estimate of drug-likeness (QED) is 0.129. The Balaban J connectivity index is 1.28. The highest BCUT2D eigenvalue weighted by molar-refractivity contribution is 5.97. The second kappa shape index (κ2) is 17.9. The maximum Gasteiger partial charge on any atom is 0.338 e. The highest BCUT2D eigenvalue weighted by Crippen LogP contribution is 2.64. The molecule has 4 aliphatic carbocycles. The Labute approximate surface area is 382 Å². The van der Waals surface area contributed by atoms with Gasteiger partial charge in [0, 0.05) is 31.7 Å². The number of hydrogen-bond acceptors (Lipinski definition) is 14. The van der Waals surface area contributed by atoms with Crippen LogP contribution in [0.1, 0.15) is 99.5 Å². The lowest BCUT2D eigenvalue weighted by Crippen LogP contribution is -2.79. The molecular formula is C51H55NO14. The Morgan fingerprint density at radius 2 is 1.38 bits per heavy atom. The molecule has 3 saturated carbocycles. The Hall–Kier alpha value is -6.19. The number of aliphatic hydroxyl groups is 1. The van der Waals surface area contributed by atoms with Crippen LogP contribution in [-0.2, 0) is 52.4 Å². The summed E-state index contributed by atoms with van der Waals surface area (Å²) in [6.07, 6.45) is -7.42. The van der Waals surface area contributed by atoms with Crippen molar-refractivity contribution in [3.05, 3.63) is 119 Å². The summed E-state index contributed by atoms with van der Waals surface area (Å²) in [5, 5.41) is 14.7. The normalized spacial score (nSPS) is 30.5. The summed E-state index contributed by atoms with van der Waals surface area (Å²) >= 11 is 0. The Morgan fingerprint density at radius 3 is 1.94 bits per heavy atom. The molecule has 2 N–H and O–H groups in total. The Bertz CT molecular complexity index is 2430. The minimum atomic E-state index is -1.96. The molecule has 3 aromatic rings. The van der Waals surface area contributed by atoms with Crippen molar-refractivity contribution in [3.8, 4) is 0 Å². The van der Waals surface area contributed by atoms with Crippen LogP contribution in [0.25, 0.3) is 0 Å². The molecule has 2 unspecified atom stereocenters. The van der Waals surface area contributed by atoms with Crippen molar-refractivity contribution in [2.24, 2.45) is 28.6 Å². The molecule has 0 spiro atoms. The fraction of sp³-hybridized carbons (Fsp3) is 0.471. The first-order valence-corrected chi connectivity index (χ1v) is 22.4. The molecule has 66 heavy (non-hydrogen) atoms. The largest absolute Gasteiger partial charge is 0.461 e. The minimum absolute atomic E-state index is 0.0795. The van der Waals surface area contributed by atoms with Gasteiger partial charge in [-0.2, -0.15) is 0 Å². The molecule has 0 radical (unpaired) electrons. The van der Waals surface area contributed by atoms with Crippen LogP contribution in [-0.4, -0.2) is 95.5 Å². The summed E-state index contributed by atoms with van der Waals surface area (Å²) < 4.78 is 37.6. The van der Waals surface area contributed by atoms with E-state index in [9.17, 15) is 33.9 Å². The van der Waals surface area contributed by atoms with Gasteiger partial charge in [-0.3, -0.25) is 24.0 Å². The fourth-order valence-electron chi connectivity index (χ4n) is 11.0. The average Bonchev–Trinajstić information content (AvgIpc) is 4.14. The third-order valence-electron chi connectivity index (χ3n) is 14.4. The number of ether oxygens (including phenoxy) is 6. The molecule has 1 saturated heterocycles. The number of benzene rings is 3. The lowest BCUT2D eigenvalue weighted by Gasteiger charge is -2.66. The van der Waals surface area contributed by atoms with E-state index in [2.05, 4.69) is 5.32 Å². The number of fused-ring (bicyclic) bond motifs is 5. The second-order valence-electron chi connectivity index (χ2n) is 18.9. The van der Waals surface area contributed by atoms with Crippen molar-refractivity contribution in [2.45, 2.75) is 115 Å². The molecule has 1 heterocycles. The number of esters is 5. The van der Waals surface area contributed by atoms with Gasteiger partial charge >= 0.3 is 29.8 Å². The number of hydrogen-bond donors (Lipinski definition) is 2. The predicted molar refractivity (Wildman–Crippen MR) is 233 cm³/mol. The molecule has 0 aromatic heterocycles. The van der Waals surface area contributed by atoms with Crippen molar-refractivity contribution < 1.29 is 67.1 Å². The van der Waals surface area contributed by atoms with Gasteiger partial charge in [0.25, 0.3) is 5.91 Å². The fourth-order valence-corrected chi connectivity index (χ4v) is 11.0. The highest BCUT2D eigenvalue weighted by Gasteiger charge is 2.76. The van der Waals surface area contributed by atoms with Gasteiger partial charge in [-0.1, -0.05) is 80.6 Å². The third-order valence-corrected chi connectivity index (χ3v) is 14.4. The van der Waals surface area contributed by atoms with Gasteiger partial charge in [-0.05, 0) is 79.5 Å². The first kappa shape index (κ1) is 46.3. The molecule has 15 nitrogen and oxygen atoms in total. The molecule has 4 fully saturated rings. The van der Waals surface area contributed by atoms with E-state index >= 15 is 4.79 Å². The van der Waals surface area contributed by atoms with Crippen LogP contribution >= 0.6 is 0 Å². The molecular weight excluding hydrogens is 851 g/mol. The van der Waals surface area contributed by atoms with Gasteiger partial charge in [0.15, 0.2) is 23.6 Å². The number of carbonyl (C=O) groups is 7. The van der Waals surface area contributed by atoms with Gasteiger partial charge in [0.05, 0.1) is 35.5 Å². The maximum absolute atomic E-state index is 16.1. The van der Waals surface area contributed by atoms with Crippen LogP contribution in [0.15, 0.2) is 102 Å². The van der Waals surface area contributed by atoms with Crippen molar-refractivity contribution in [2.75, 3.05) is 6.61 Å². The number of nitrogens with one attached hydrogen (secondary N) is 1. The standard InChI is InChI=1S/C51H55NO14/c1-27-35(63-48(60)40(55)39(30-16-10-7-11-17-30)52-45(57)31-18-12-8-13-19-31)24-34-41(64-46(58)32-20-14-9-15-21-32)43-50(6,36(62-28(2)53)25-37-51(43,26-61-37)66-29(3)54)44(56)42(38(27)49(34,4)5)65-47(59)33-22-23-33/h7-21,33-37,39-43,55H,22-26H2,1-6H3,(H,52,57)/t34?,35-,36-,37+,39-,40+,41+,42+,43?,50+,51-/m0/s1. The van der Waals surface area contributed by atoms with Crippen molar-refractivity contribution in [1.29, 1.82) is 0 Å².